The molecule has 1 aromatic rings. The van der Waals surface area contributed by atoms with Crippen molar-refractivity contribution in [2.75, 3.05) is 18.0 Å². The zero-order valence-corrected chi connectivity index (χ0v) is 11.0. The van der Waals surface area contributed by atoms with Crippen LogP contribution in [0.4, 0.5) is 10.1 Å². The predicted molar refractivity (Wildman–Crippen MR) is 72.3 cm³/mol. The highest BCUT2D eigenvalue weighted by Crippen LogP contribution is 2.41. The highest BCUT2D eigenvalue weighted by molar-refractivity contribution is 5.56. The van der Waals surface area contributed by atoms with Crippen LogP contribution in [0.1, 0.15) is 31.7 Å². The Hall–Kier alpha value is -1.09. The summed E-state index contributed by atoms with van der Waals surface area (Å²) in [4.78, 5) is 2.43. The summed E-state index contributed by atoms with van der Waals surface area (Å²) >= 11 is 0. The number of anilines is 1. The first-order valence-corrected chi connectivity index (χ1v) is 7.04. The van der Waals surface area contributed by atoms with Gasteiger partial charge < -0.3 is 10.2 Å². The Morgan fingerprint density at radius 2 is 2.28 bits per heavy atom. The minimum atomic E-state index is -0.0729. The van der Waals surface area contributed by atoms with Crippen LogP contribution in [0.2, 0.25) is 0 Å². The second kappa shape index (κ2) is 4.88. The zero-order chi connectivity index (χ0) is 12.5. The second-order valence-electron chi connectivity index (χ2n) is 5.50. The first-order valence-electron chi connectivity index (χ1n) is 7.04. The summed E-state index contributed by atoms with van der Waals surface area (Å²) in [6.45, 7) is 4.68. The number of hydrogen-bond acceptors (Lipinski definition) is 2. The van der Waals surface area contributed by atoms with Crippen LogP contribution in [0, 0.1) is 11.7 Å². The molecule has 1 saturated heterocycles. The summed E-state index contributed by atoms with van der Waals surface area (Å²) in [5, 5.41) is 3.25. The monoisotopic (exact) mass is 248 g/mol. The van der Waals surface area contributed by atoms with Crippen LogP contribution < -0.4 is 10.2 Å². The van der Waals surface area contributed by atoms with Crippen LogP contribution >= 0.6 is 0 Å². The van der Waals surface area contributed by atoms with E-state index < -0.39 is 0 Å². The van der Waals surface area contributed by atoms with Crippen LogP contribution in [0.5, 0.6) is 0 Å². The molecule has 0 amide bonds. The number of hydrogen-bond donors (Lipinski definition) is 1. The van der Waals surface area contributed by atoms with E-state index in [-0.39, 0.29) is 5.82 Å². The van der Waals surface area contributed by atoms with Crippen molar-refractivity contribution in [3.8, 4) is 0 Å². The van der Waals surface area contributed by atoms with E-state index in [2.05, 4.69) is 23.2 Å². The van der Waals surface area contributed by atoms with Crippen molar-refractivity contribution in [2.24, 2.45) is 5.92 Å². The van der Waals surface area contributed by atoms with Crippen molar-refractivity contribution in [1.82, 2.24) is 5.32 Å². The Balaban J connectivity index is 1.88. The molecule has 2 nitrogen and oxygen atoms in total. The van der Waals surface area contributed by atoms with Crippen molar-refractivity contribution in [1.29, 1.82) is 0 Å². The summed E-state index contributed by atoms with van der Waals surface area (Å²) < 4.78 is 14.0. The highest BCUT2D eigenvalue weighted by Gasteiger charge is 2.38. The molecule has 0 radical (unpaired) electrons. The third kappa shape index (κ3) is 2.01. The fourth-order valence-electron chi connectivity index (χ4n) is 3.46. The van der Waals surface area contributed by atoms with Gasteiger partial charge in [0, 0.05) is 30.4 Å². The molecule has 1 heterocycles. The lowest BCUT2D eigenvalue weighted by Gasteiger charge is -2.31. The van der Waals surface area contributed by atoms with Gasteiger partial charge in [-0.2, -0.15) is 0 Å². The second-order valence-corrected chi connectivity index (χ2v) is 5.50. The molecule has 1 aliphatic heterocycles. The van der Waals surface area contributed by atoms with Crippen LogP contribution in [-0.4, -0.2) is 19.1 Å². The summed E-state index contributed by atoms with van der Waals surface area (Å²) in [5.41, 5.74) is 1.95. The van der Waals surface area contributed by atoms with Crippen LogP contribution in [0.15, 0.2) is 18.2 Å². The zero-order valence-electron chi connectivity index (χ0n) is 11.0. The highest BCUT2D eigenvalue weighted by atomic mass is 19.1. The molecule has 2 unspecified atom stereocenters. The Bertz CT molecular complexity index is 433. The van der Waals surface area contributed by atoms with Crippen LogP contribution in [-0.2, 0) is 6.54 Å². The molecule has 2 aliphatic rings. The molecule has 2 bridgehead atoms. The molecule has 2 fully saturated rings. The van der Waals surface area contributed by atoms with Gasteiger partial charge >= 0.3 is 0 Å². The van der Waals surface area contributed by atoms with E-state index in [1.165, 1.54) is 19.3 Å². The molecule has 2 atom stereocenters. The van der Waals surface area contributed by atoms with Gasteiger partial charge in [-0.25, -0.2) is 4.39 Å². The van der Waals surface area contributed by atoms with Crippen molar-refractivity contribution >= 4 is 5.69 Å². The molecule has 0 aromatic heterocycles. The third-order valence-electron chi connectivity index (χ3n) is 4.36. The molecule has 3 heteroatoms. The maximum atomic E-state index is 14.0. The van der Waals surface area contributed by atoms with Gasteiger partial charge in [0.2, 0.25) is 0 Å². The van der Waals surface area contributed by atoms with Gasteiger partial charge in [-0.1, -0.05) is 13.0 Å². The van der Waals surface area contributed by atoms with Crippen molar-refractivity contribution in [2.45, 2.75) is 38.8 Å². The standard InChI is InChI=1S/C15H21FN2/c1-2-17-9-13-14(16)4-3-5-15(13)18-10-11-6-7-12(18)8-11/h3-5,11-12,17H,2,6-10H2,1H3. The van der Waals surface area contributed by atoms with Gasteiger partial charge in [-0.3, -0.25) is 0 Å². The van der Waals surface area contributed by atoms with Crippen LogP contribution in [0.25, 0.3) is 0 Å². The van der Waals surface area contributed by atoms with Crippen molar-refractivity contribution in [3.63, 3.8) is 0 Å². The van der Waals surface area contributed by atoms with E-state index in [1.54, 1.807) is 6.07 Å². The van der Waals surface area contributed by atoms with E-state index in [9.17, 15) is 4.39 Å². The smallest absolute Gasteiger partial charge is 0.129 e. The Morgan fingerprint density at radius 3 is 2.94 bits per heavy atom. The lowest BCUT2D eigenvalue weighted by atomic mass is 10.1. The normalized spacial score (nSPS) is 26.0. The third-order valence-corrected chi connectivity index (χ3v) is 4.36. The largest absolute Gasteiger partial charge is 0.368 e. The molecule has 0 spiro atoms. The Kier molecular flexibility index (Phi) is 3.25. The number of benzene rings is 1. The van der Waals surface area contributed by atoms with Gasteiger partial charge in [0.15, 0.2) is 0 Å². The first-order chi connectivity index (χ1) is 8.79. The quantitative estimate of drug-likeness (QED) is 0.881. The number of piperidine rings is 1. The number of nitrogens with one attached hydrogen (secondary N) is 1. The minimum absolute atomic E-state index is 0.0729. The Labute approximate surface area is 108 Å². The molecule has 18 heavy (non-hydrogen) atoms. The minimum Gasteiger partial charge on any atom is -0.368 e. The van der Waals surface area contributed by atoms with E-state index in [1.807, 2.05) is 6.07 Å². The lowest BCUT2D eigenvalue weighted by molar-refractivity contribution is 0.546. The number of fused-ring (bicyclic) bond motifs is 2. The number of rotatable bonds is 4. The number of halogens is 1. The topological polar surface area (TPSA) is 15.3 Å². The van der Waals surface area contributed by atoms with Gasteiger partial charge in [0.05, 0.1) is 0 Å². The predicted octanol–water partition coefficient (Wildman–Crippen LogP) is 2.92. The van der Waals surface area contributed by atoms with Gasteiger partial charge in [0.1, 0.15) is 5.82 Å². The fraction of sp³-hybridized carbons (Fsp3) is 0.600. The average Bonchev–Trinajstić information content (AvgIpc) is 2.99. The molecule has 1 N–H and O–H groups in total. The molecule has 3 rings (SSSR count). The maximum absolute atomic E-state index is 14.0. The van der Waals surface area contributed by atoms with Gasteiger partial charge in [0.25, 0.3) is 0 Å². The summed E-state index contributed by atoms with van der Waals surface area (Å²) in [6.07, 6.45) is 3.94. The summed E-state index contributed by atoms with van der Waals surface area (Å²) in [7, 11) is 0. The SMILES string of the molecule is CCNCc1c(F)cccc1N1CC2CCC1C2. The maximum Gasteiger partial charge on any atom is 0.129 e. The molecular formula is C15H21FN2. The van der Waals surface area contributed by atoms with Crippen LogP contribution in [0.3, 0.4) is 0 Å². The molecule has 1 aromatic carbocycles. The van der Waals surface area contributed by atoms with E-state index in [0.717, 1.165) is 30.3 Å². The van der Waals surface area contributed by atoms with Gasteiger partial charge in [-0.05, 0) is 43.9 Å². The van der Waals surface area contributed by atoms with Gasteiger partial charge in [-0.15, -0.1) is 0 Å². The molecule has 1 saturated carbocycles. The number of nitrogens with zero attached hydrogens (tertiary/aromatic N) is 1. The Morgan fingerprint density at radius 1 is 1.39 bits per heavy atom. The molecule has 1 aliphatic carbocycles. The lowest BCUT2D eigenvalue weighted by Crippen LogP contribution is -2.33. The average molecular weight is 248 g/mol. The van der Waals surface area contributed by atoms with E-state index in [4.69, 9.17) is 0 Å². The summed E-state index contributed by atoms with van der Waals surface area (Å²) in [5.74, 6) is 0.765. The first kappa shape index (κ1) is 12.0. The van der Waals surface area contributed by atoms with Crippen molar-refractivity contribution < 1.29 is 4.39 Å². The molecular weight excluding hydrogens is 227 g/mol. The van der Waals surface area contributed by atoms with E-state index >= 15 is 0 Å². The van der Waals surface area contributed by atoms with E-state index in [0.29, 0.717) is 12.6 Å². The fourth-order valence-corrected chi connectivity index (χ4v) is 3.46. The summed E-state index contributed by atoms with van der Waals surface area (Å²) in [6, 6.07) is 6.14. The molecule has 98 valence electrons. The van der Waals surface area contributed by atoms with Crippen molar-refractivity contribution in [3.05, 3.63) is 29.6 Å².